The SMILES string of the molecule is C=CC.CCc1ccc2ccccc2c1. The van der Waals surface area contributed by atoms with Crippen molar-refractivity contribution in [3.8, 4) is 0 Å². The Balaban J connectivity index is 0.000000337. The first kappa shape index (κ1) is 11.5. The van der Waals surface area contributed by atoms with Gasteiger partial charge in [0.25, 0.3) is 0 Å². The zero-order valence-corrected chi connectivity index (χ0v) is 9.53. The molecular formula is C15H18. The van der Waals surface area contributed by atoms with Gasteiger partial charge in [0.1, 0.15) is 0 Å². The van der Waals surface area contributed by atoms with Crippen LogP contribution in [0.2, 0.25) is 0 Å². The minimum absolute atomic E-state index is 1.12. The quantitative estimate of drug-likeness (QED) is 0.588. The zero-order chi connectivity index (χ0) is 11.1. The average molecular weight is 198 g/mol. The summed E-state index contributed by atoms with van der Waals surface area (Å²) in [7, 11) is 0. The Morgan fingerprint density at radius 2 is 1.67 bits per heavy atom. The van der Waals surface area contributed by atoms with Gasteiger partial charge in [-0.25, -0.2) is 0 Å². The molecule has 0 aliphatic heterocycles. The summed E-state index contributed by atoms with van der Waals surface area (Å²) in [5.74, 6) is 0. The van der Waals surface area contributed by atoms with Crippen LogP contribution >= 0.6 is 0 Å². The Morgan fingerprint density at radius 3 is 2.27 bits per heavy atom. The molecule has 0 spiro atoms. The molecule has 0 amide bonds. The largest absolute Gasteiger partial charge is 0.103 e. The summed E-state index contributed by atoms with van der Waals surface area (Å²) in [6.45, 7) is 7.43. The number of fused-ring (bicyclic) bond motifs is 1. The number of allylic oxidation sites excluding steroid dienone is 1. The van der Waals surface area contributed by atoms with Crippen molar-refractivity contribution in [2.45, 2.75) is 20.3 Å². The van der Waals surface area contributed by atoms with Gasteiger partial charge in [0.2, 0.25) is 0 Å². The van der Waals surface area contributed by atoms with Gasteiger partial charge in [-0.05, 0) is 29.7 Å². The van der Waals surface area contributed by atoms with Crippen LogP contribution in [0.15, 0.2) is 55.1 Å². The summed E-state index contributed by atoms with van der Waals surface area (Å²) in [5.41, 5.74) is 1.41. The van der Waals surface area contributed by atoms with Crippen LogP contribution in [0.25, 0.3) is 10.8 Å². The fourth-order valence-corrected chi connectivity index (χ4v) is 1.46. The van der Waals surface area contributed by atoms with Gasteiger partial charge in [-0.1, -0.05) is 55.5 Å². The molecule has 0 unspecified atom stereocenters. The van der Waals surface area contributed by atoms with E-state index >= 15 is 0 Å². The average Bonchev–Trinajstić information content (AvgIpc) is 2.29. The predicted molar refractivity (Wildman–Crippen MR) is 69.2 cm³/mol. The molecule has 2 rings (SSSR count). The third kappa shape index (κ3) is 3.25. The standard InChI is InChI=1S/C12H12.C3H6/c1-2-10-7-8-11-5-3-4-6-12(11)9-10;1-3-2/h3-9H,2H2,1H3;3H,1H2,2H3. The minimum atomic E-state index is 1.12. The highest BCUT2D eigenvalue weighted by atomic mass is 14.0. The summed E-state index contributed by atoms with van der Waals surface area (Å²) in [6.07, 6.45) is 2.87. The van der Waals surface area contributed by atoms with Gasteiger partial charge in [-0.2, -0.15) is 0 Å². The number of benzene rings is 2. The first-order chi connectivity index (χ1) is 7.31. The van der Waals surface area contributed by atoms with E-state index in [0.717, 1.165) is 6.42 Å². The van der Waals surface area contributed by atoms with E-state index in [1.54, 1.807) is 6.08 Å². The summed E-state index contributed by atoms with van der Waals surface area (Å²) >= 11 is 0. The maximum absolute atomic E-state index is 3.36. The van der Waals surface area contributed by atoms with Crippen molar-refractivity contribution >= 4 is 10.8 Å². The molecule has 0 bridgehead atoms. The Kier molecular flexibility index (Phi) is 4.62. The molecule has 0 saturated heterocycles. The number of hydrogen-bond donors (Lipinski definition) is 0. The molecule has 15 heavy (non-hydrogen) atoms. The minimum Gasteiger partial charge on any atom is -0.103 e. The van der Waals surface area contributed by atoms with E-state index in [-0.39, 0.29) is 0 Å². The van der Waals surface area contributed by atoms with Crippen molar-refractivity contribution in [3.63, 3.8) is 0 Å². The Hall–Kier alpha value is -1.56. The molecule has 0 aliphatic rings. The van der Waals surface area contributed by atoms with E-state index in [1.807, 2.05) is 6.92 Å². The van der Waals surface area contributed by atoms with Gasteiger partial charge in [-0.3, -0.25) is 0 Å². The van der Waals surface area contributed by atoms with E-state index in [1.165, 1.54) is 16.3 Å². The Bertz CT molecular complexity index is 427. The molecule has 2 aromatic carbocycles. The lowest BCUT2D eigenvalue weighted by atomic mass is 10.1. The maximum Gasteiger partial charge on any atom is -0.0181 e. The normalized spacial score (nSPS) is 9.20. The fraction of sp³-hybridized carbons (Fsp3) is 0.200. The van der Waals surface area contributed by atoms with Crippen LogP contribution in [-0.2, 0) is 6.42 Å². The lowest BCUT2D eigenvalue weighted by molar-refractivity contribution is 1.15. The molecule has 2 aromatic rings. The molecule has 0 N–H and O–H groups in total. The molecule has 0 fully saturated rings. The van der Waals surface area contributed by atoms with Crippen molar-refractivity contribution in [1.29, 1.82) is 0 Å². The number of aryl methyl sites for hydroxylation is 1. The topological polar surface area (TPSA) is 0 Å². The van der Waals surface area contributed by atoms with Crippen LogP contribution in [-0.4, -0.2) is 0 Å². The smallest absolute Gasteiger partial charge is 0.0181 e. The number of rotatable bonds is 1. The highest BCUT2D eigenvalue weighted by Crippen LogP contribution is 2.15. The van der Waals surface area contributed by atoms with Gasteiger partial charge in [0, 0.05) is 0 Å². The Labute approximate surface area is 92.3 Å². The first-order valence-electron chi connectivity index (χ1n) is 5.36. The van der Waals surface area contributed by atoms with Crippen molar-refractivity contribution < 1.29 is 0 Å². The molecular weight excluding hydrogens is 180 g/mol. The van der Waals surface area contributed by atoms with Gasteiger partial charge in [-0.15, -0.1) is 6.58 Å². The first-order valence-corrected chi connectivity index (χ1v) is 5.36. The molecule has 0 nitrogen and oxygen atoms in total. The van der Waals surface area contributed by atoms with Crippen LogP contribution in [0.3, 0.4) is 0 Å². The molecule has 0 heteroatoms. The van der Waals surface area contributed by atoms with Crippen LogP contribution in [0.1, 0.15) is 19.4 Å². The summed E-state index contributed by atoms with van der Waals surface area (Å²) < 4.78 is 0. The highest BCUT2D eigenvalue weighted by molar-refractivity contribution is 5.82. The molecule has 0 heterocycles. The molecule has 0 aliphatic carbocycles. The van der Waals surface area contributed by atoms with Gasteiger partial charge >= 0.3 is 0 Å². The third-order valence-electron chi connectivity index (χ3n) is 2.22. The van der Waals surface area contributed by atoms with Crippen molar-refractivity contribution in [2.75, 3.05) is 0 Å². The second-order valence-corrected chi connectivity index (χ2v) is 3.44. The Morgan fingerprint density at radius 1 is 1.07 bits per heavy atom. The van der Waals surface area contributed by atoms with Crippen molar-refractivity contribution in [1.82, 2.24) is 0 Å². The van der Waals surface area contributed by atoms with E-state index in [9.17, 15) is 0 Å². The van der Waals surface area contributed by atoms with Gasteiger partial charge in [0.05, 0.1) is 0 Å². The van der Waals surface area contributed by atoms with E-state index < -0.39 is 0 Å². The number of hydrogen-bond acceptors (Lipinski definition) is 0. The summed E-state index contributed by atoms with van der Waals surface area (Å²) in [6, 6.07) is 15.1. The predicted octanol–water partition coefficient (Wildman–Crippen LogP) is 4.59. The second kappa shape index (κ2) is 6.02. The molecule has 0 atom stereocenters. The van der Waals surface area contributed by atoms with Gasteiger partial charge in [0.15, 0.2) is 0 Å². The molecule has 78 valence electrons. The zero-order valence-electron chi connectivity index (χ0n) is 9.53. The maximum atomic E-state index is 3.36. The molecule has 0 aromatic heterocycles. The monoisotopic (exact) mass is 198 g/mol. The summed E-state index contributed by atoms with van der Waals surface area (Å²) in [5, 5.41) is 2.67. The molecule has 0 saturated carbocycles. The van der Waals surface area contributed by atoms with Gasteiger partial charge < -0.3 is 0 Å². The van der Waals surface area contributed by atoms with Crippen LogP contribution in [0.4, 0.5) is 0 Å². The fourth-order valence-electron chi connectivity index (χ4n) is 1.46. The van der Waals surface area contributed by atoms with Crippen LogP contribution < -0.4 is 0 Å². The molecule has 0 radical (unpaired) electrons. The van der Waals surface area contributed by atoms with Crippen molar-refractivity contribution in [2.24, 2.45) is 0 Å². The lowest BCUT2D eigenvalue weighted by Crippen LogP contribution is -1.79. The van der Waals surface area contributed by atoms with E-state index in [0.29, 0.717) is 0 Å². The summed E-state index contributed by atoms with van der Waals surface area (Å²) in [4.78, 5) is 0. The van der Waals surface area contributed by atoms with Crippen LogP contribution in [0.5, 0.6) is 0 Å². The van der Waals surface area contributed by atoms with E-state index in [2.05, 4.69) is 56.0 Å². The van der Waals surface area contributed by atoms with Crippen molar-refractivity contribution in [3.05, 3.63) is 60.7 Å². The second-order valence-electron chi connectivity index (χ2n) is 3.44. The lowest BCUT2D eigenvalue weighted by Gasteiger charge is -1.99. The van der Waals surface area contributed by atoms with E-state index in [4.69, 9.17) is 0 Å². The highest BCUT2D eigenvalue weighted by Gasteiger charge is 1.92. The third-order valence-corrected chi connectivity index (χ3v) is 2.22. The van der Waals surface area contributed by atoms with Crippen LogP contribution in [0, 0.1) is 0 Å².